The van der Waals surface area contributed by atoms with Gasteiger partial charge in [-0.15, -0.1) is 0 Å². The van der Waals surface area contributed by atoms with Crippen LogP contribution in [0, 0.1) is 13.8 Å². The van der Waals surface area contributed by atoms with Gasteiger partial charge in [-0.05, 0) is 31.0 Å². The fraction of sp³-hybridized carbons (Fsp3) is 0.200. The quantitative estimate of drug-likeness (QED) is 0.678. The highest BCUT2D eigenvalue weighted by molar-refractivity contribution is 5.79. The molecule has 1 aromatic carbocycles. The van der Waals surface area contributed by atoms with Crippen LogP contribution in [0.3, 0.4) is 0 Å². The molecule has 2 aromatic rings. The molecule has 0 radical (unpaired) electrons. The van der Waals surface area contributed by atoms with Gasteiger partial charge in [0.25, 0.3) is 5.56 Å². The smallest absolute Gasteiger partial charge is 0.409 e. The van der Waals surface area contributed by atoms with Crippen molar-refractivity contribution < 1.29 is 4.42 Å². The largest absolute Gasteiger partial charge is 0.419 e. The number of H-pyrrole nitrogens is 1. The number of nitrogens with one attached hydrogen (secondary N) is 1. The molecule has 0 aliphatic rings. The van der Waals surface area contributed by atoms with Gasteiger partial charge in [0, 0.05) is 0 Å². The highest BCUT2D eigenvalue weighted by atomic mass is 16.4. The number of hydrogen-bond donors (Lipinski definition) is 1. The summed E-state index contributed by atoms with van der Waals surface area (Å²) in [5, 5.41) is 0.410. The Kier molecular flexibility index (Phi) is 1.77. The van der Waals surface area contributed by atoms with Crippen LogP contribution >= 0.6 is 0 Å². The number of aromatic nitrogens is 1. The number of hydrogen-bond acceptors (Lipinski definition) is 3. The Balaban J connectivity index is 3.10. The monoisotopic (exact) mass is 191 g/mol. The fourth-order valence-electron chi connectivity index (χ4n) is 1.38. The summed E-state index contributed by atoms with van der Waals surface area (Å²) in [5.41, 5.74) is 1.79. The van der Waals surface area contributed by atoms with Crippen LogP contribution in [0.1, 0.15) is 11.1 Å². The average Bonchev–Trinajstić information content (AvgIpc) is 2.12. The summed E-state index contributed by atoms with van der Waals surface area (Å²) in [6.45, 7) is 3.72. The van der Waals surface area contributed by atoms with E-state index in [1.54, 1.807) is 6.07 Å². The summed E-state index contributed by atoms with van der Waals surface area (Å²) in [4.78, 5) is 24.4. The Hall–Kier alpha value is -1.84. The molecule has 0 saturated heterocycles. The van der Waals surface area contributed by atoms with Gasteiger partial charge in [0.1, 0.15) is 5.58 Å². The fourth-order valence-corrected chi connectivity index (χ4v) is 1.38. The van der Waals surface area contributed by atoms with Gasteiger partial charge in [-0.3, -0.25) is 9.78 Å². The number of benzene rings is 1. The molecule has 1 aromatic heterocycles. The average molecular weight is 191 g/mol. The van der Waals surface area contributed by atoms with Crippen molar-refractivity contribution in [3.05, 3.63) is 44.2 Å². The Morgan fingerprint density at radius 1 is 1.21 bits per heavy atom. The molecule has 4 nitrogen and oxygen atoms in total. The van der Waals surface area contributed by atoms with Crippen molar-refractivity contribution >= 4 is 11.0 Å². The zero-order valence-corrected chi connectivity index (χ0v) is 7.88. The molecule has 0 aliphatic heterocycles. The number of fused-ring (bicyclic) bond motifs is 1. The zero-order valence-electron chi connectivity index (χ0n) is 7.88. The predicted octanol–water partition coefficient (Wildman–Crippen LogP) is 1.10. The maximum absolute atomic E-state index is 11.3. The standard InChI is InChI=1S/C10H9NO3/c1-5-3-4-7-8(6(5)2)14-10(13)11-9(7)12/h3-4H,1-2H3,(H,11,12,13). The molecule has 2 rings (SSSR count). The summed E-state index contributed by atoms with van der Waals surface area (Å²) in [6, 6.07) is 3.48. The van der Waals surface area contributed by atoms with Crippen molar-refractivity contribution in [3.63, 3.8) is 0 Å². The Morgan fingerprint density at radius 2 is 1.93 bits per heavy atom. The summed E-state index contributed by atoms with van der Waals surface area (Å²) in [5.74, 6) is -0.712. The molecule has 0 spiro atoms. The topological polar surface area (TPSA) is 63.1 Å². The maximum Gasteiger partial charge on any atom is 0.419 e. The molecular weight excluding hydrogens is 182 g/mol. The van der Waals surface area contributed by atoms with Crippen molar-refractivity contribution in [2.75, 3.05) is 0 Å². The van der Waals surface area contributed by atoms with E-state index >= 15 is 0 Å². The number of aromatic amines is 1. The van der Waals surface area contributed by atoms with Crippen LogP contribution in [0.2, 0.25) is 0 Å². The number of aryl methyl sites for hydroxylation is 2. The molecule has 0 atom stereocenters. The summed E-state index contributed by atoms with van der Waals surface area (Å²) < 4.78 is 4.94. The van der Waals surface area contributed by atoms with Crippen molar-refractivity contribution in [1.82, 2.24) is 4.98 Å². The highest BCUT2D eigenvalue weighted by Crippen LogP contribution is 2.16. The normalized spacial score (nSPS) is 10.7. The third-order valence-corrected chi connectivity index (χ3v) is 2.33. The minimum Gasteiger partial charge on any atom is -0.409 e. The molecule has 0 saturated carbocycles. The minimum absolute atomic E-state index is 0.374. The van der Waals surface area contributed by atoms with E-state index in [-0.39, 0.29) is 0 Å². The van der Waals surface area contributed by atoms with E-state index in [0.29, 0.717) is 11.0 Å². The molecular formula is C10H9NO3. The van der Waals surface area contributed by atoms with E-state index < -0.39 is 11.3 Å². The molecule has 1 N–H and O–H groups in total. The van der Waals surface area contributed by atoms with Crippen molar-refractivity contribution in [1.29, 1.82) is 0 Å². The van der Waals surface area contributed by atoms with E-state index in [1.165, 1.54) is 0 Å². The molecule has 72 valence electrons. The second-order valence-corrected chi connectivity index (χ2v) is 3.23. The van der Waals surface area contributed by atoms with Gasteiger partial charge in [-0.2, -0.15) is 0 Å². The lowest BCUT2D eigenvalue weighted by Gasteiger charge is -2.01. The molecule has 0 aliphatic carbocycles. The maximum atomic E-state index is 11.3. The summed E-state index contributed by atoms with van der Waals surface area (Å²) in [7, 11) is 0. The zero-order chi connectivity index (χ0) is 10.3. The van der Waals surface area contributed by atoms with E-state index in [1.807, 2.05) is 19.9 Å². The first-order chi connectivity index (χ1) is 6.59. The van der Waals surface area contributed by atoms with Gasteiger partial charge in [0.15, 0.2) is 0 Å². The van der Waals surface area contributed by atoms with Gasteiger partial charge in [0.2, 0.25) is 0 Å². The van der Waals surface area contributed by atoms with Crippen LogP contribution in [-0.4, -0.2) is 4.98 Å². The van der Waals surface area contributed by atoms with Crippen LogP contribution in [0.4, 0.5) is 0 Å². The lowest BCUT2D eigenvalue weighted by atomic mass is 10.1. The lowest BCUT2D eigenvalue weighted by molar-refractivity contribution is 0.526. The molecule has 0 bridgehead atoms. The minimum atomic E-state index is -0.712. The van der Waals surface area contributed by atoms with Gasteiger partial charge >= 0.3 is 5.76 Å². The van der Waals surface area contributed by atoms with E-state index in [4.69, 9.17) is 4.42 Å². The SMILES string of the molecule is Cc1ccc2c(=O)[nH]c(=O)oc2c1C. The van der Waals surface area contributed by atoms with Crippen LogP contribution in [0.25, 0.3) is 11.0 Å². The first-order valence-corrected chi connectivity index (χ1v) is 4.23. The lowest BCUT2D eigenvalue weighted by Crippen LogP contribution is -2.18. The van der Waals surface area contributed by atoms with Gasteiger partial charge in [-0.1, -0.05) is 6.07 Å². The second-order valence-electron chi connectivity index (χ2n) is 3.23. The Morgan fingerprint density at radius 3 is 2.64 bits per heavy atom. The van der Waals surface area contributed by atoms with E-state index in [0.717, 1.165) is 11.1 Å². The molecule has 0 amide bonds. The molecule has 0 unspecified atom stereocenters. The van der Waals surface area contributed by atoms with E-state index in [2.05, 4.69) is 4.98 Å². The van der Waals surface area contributed by atoms with Gasteiger partial charge in [0.05, 0.1) is 5.39 Å². The first kappa shape index (κ1) is 8.74. The highest BCUT2D eigenvalue weighted by Gasteiger charge is 2.06. The van der Waals surface area contributed by atoms with Crippen LogP contribution < -0.4 is 11.3 Å². The van der Waals surface area contributed by atoms with Crippen LogP contribution in [-0.2, 0) is 0 Å². The molecule has 14 heavy (non-hydrogen) atoms. The van der Waals surface area contributed by atoms with Crippen LogP contribution in [0.15, 0.2) is 26.1 Å². The van der Waals surface area contributed by atoms with Gasteiger partial charge in [-0.25, -0.2) is 4.79 Å². The second kappa shape index (κ2) is 2.83. The molecule has 1 heterocycles. The van der Waals surface area contributed by atoms with Crippen molar-refractivity contribution in [2.45, 2.75) is 13.8 Å². The van der Waals surface area contributed by atoms with Crippen molar-refractivity contribution in [2.24, 2.45) is 0 Å². The Bertz CT molecular complexity index is 607. The van der Waals surface area contributed by atoms with Gasteiger partial charge < -0.3 is 4.42 Å². The third-order valence-electron chi connectivity index (χ3n) is 2.33. The Labute approximate surface area is 79.2 Å². The third kappa shape index (κ3) is 1.16. The molecule has 0 fully saturated rings. The van der Waals surface area contributed by atoms with E-state index in [9.17, 15) is 9.59 Å². The summed E-state index contributed by atoms with van der Waals surface area (Å²) in [6.07, 6.45) is 0. The first-order valence-electron chi connectivity index (χ1n) is 4.23. The van der Waals surface area contributed by atoms with Crippen molar-refractivity contribution in [3.8, 4) is 0 Å². The predicted molar refractivity (Wildman–Crippen MR) is 52.6 cm³/mol. The molecule has 4 heteroatoms. The van der Waals surface area contributed by atoms with Crippen LogP contribution in [0.5, 0.6) is 0 Å². The number of rotatable bonds is 0. The summed E-state index contributed by atoms with van der Waals surface area (Å²) >= 11 is 0.